The lowest BCUT2D eigenvalue weighted by Gasteiger charge is -2.11. The summed E-state index contributed by atoms with van der Waals surface area (Å²) in [5.74, 6) is -0.637. The summed E-state index contributed by atoms with van der Waals surface area (Å²) in [6.07, 6.45) is 0. The second kappa shape index (κ2) is 9.45. The highest BCUT2D eigenvalue weighted by Crippen LogP contribution is 2.28. The van der Waals surface area contributed by atoms with Crippen LogP contribution in [0.1, 0.15) is 23.1 Å². The van der Waals surface area contributed by atoms with Crippen LogP contribution >= 0.6 is 0 Å². The number of Topliss-reactive ketones (excluding diaryl/α,β-unsaturated/α-hetero) is 1. The number of para-hydroxylation sites is 2. The van der Waals surface area contributed by atoms with Crippen molar-refractivity contribution in [2.45, 2.75) is 6.92 Å². The second-order valence-electron chi connectivity index (χ2n) is 6.41. The summed E-state index contributed by atoms with van der Waals surface area (Å²) in [6, 6.07) is 13.6. The van der Waals surface area contributed by atoms with Crippen LogP contribution in [0.3, 0.4) is 0 Å². The number of aliphatic hydroxyl groups is 1. The molecule has 0 spiro atoms. The van der Waals surface area contributed by atoms with Gasteiger partial charge in [-0.2, -0.15) is 5.26 Å². The molecule has 9 heteroatoms. The number of imidazole rings is 1. The van der Waals surface area contributed by atoms with Crippen LogP contribution in [0.25, 0.3) is 16.6 Å². The summed E-state index contributed by atoms with van der Waals surface area (Å²) < 4.78 is 15.5. The van der Waals surface area contributed by atoms with Gasteiger partial charge in [0.25, 0.3) is 0 Å². The summed E-state index contributed by atoms with van der Waals surface area (Å²) in [5, 5.41) is 19.6. The lowest BCUT2D eigenvalue weighted by atomic mass is 10.1. The molecule has 0 saturated heterocycles. The van der Waals surface area contributed by atoms with Crippen molar-refractivity contribution in [3.8, 4) is 17.6 Å². The molecule has 0 unspecified atom stereocenters. The zero-order valence-electron chi connectivity index (χ0n) is 16.8. The number of rotatable bonds is 8. The predicted molar refractivity (Wildman–Crippen MR) is 111 cm³/mol. The molecule has 0 aliphatic rings. The quantitative estimate of drug-likeness (QED) is 0.245. The molecule has 1 heterocycles. The number of nitriles is 1. The van der Waals surface area contributed by atoms with E-state index in [4.69, 9.17) is 14.2 Å². The third kappa shape index (κ3) is 5.00. The number of aliphatic hydroxyl groups excluding tert-OH is 1. The van der Waals surface area contributed by atoms with Crippen LogP contribution in [0.4, 0.5) is 0 Å². The van der Waals surface area contributed by atoms with E-state index in [1.54, 1.807) is 24.3 Å². The van der Waals surface area contributed by atoms with Crippen molar-refractivity contribution in [2.75, 3.05) is 20.3 Å². The summed E-state index contributed by atoms with van der Waals surface area (Å²) >= 11 is 0. The Hall–Kier alpha value is -4.32. The summed E-state index contributed by atoms with van der Waals surface area (Å²) in [7, 11) is 1.41. The topological polar surface area (TPSA) is 135 Å². The van der Waals surface area contributed by atoms with Gasteiger partial charge in [-0.3, -0.25) is 4.79 Å². The molecular formula is C22H19N3O6. The maximum absolute atomic E-state index is 12.0. The fraction of sp³-hybridized carbons (Fsp3) is 0.182. The molecule has 3 rings (SSSR count). The lowest BCUT2D eigenvalue weighted by molar-refractivity contribution is -0.145. The number of allylic oxidation sites excluding steroid dienone is 1. The Kier molecular flexibility index (Phi) is 6.52. The van der Waals surface area contributed by atoms with Crippen LogP contribution in [-0.4, -0.2) is 47.2 Å². The van der Waals surface area contributed by atoms with Gasteiger partial charge in [0, 0.05) is 5.56 Å². The minimum absolute atomic E-state index is 0.133. The monoisotopic (exact) mass is 421 g/mol. The molecule has 0 amide bonds. The standard InChI is InChI=1S/C22H19N3O6/c1-13(26)14-7-8-19(20(9-14)29-2)30-12-21(28)31-11-18(27)15(10-23)22-24-16-5-3-4-6-17(16)25-22/h3-9,27H,11-12H2,1-2H3,(H,24,25)/b18-15-. The molecule has 158 valence electrons. The van der Waals surface area contributed by atoms with Gasteiger partial charge in [0.05, 0.1) is 18.1 Å². The van der Waals surface area contributed by atoms with Gasteiger partial charge in [0.1, 0.15) is 18.2 Å². The van der Waals surface area contributed by atoms with E-state index in [-0.39, 0.29) is 22.9 Å². The van der Waals surface area contributed by atoms with E-state index in [2.05, 4.69) is 9.97 Å². The summed E-state index contributed by atoms with van der Waals surface area (Å²) in [6.45, 7) is 0.436. The number of carbonyl (C=O) groups is 2. The molecule has 1 aromatic heterocycles. The van der Waals surface area contributed by atoms with E-state index in [1.807, 2.05) is 12.1 Å². The van der Waals surface area contributed by atoms with Crippen LogP contribution in [0.15, 0.2) is 48.2 Å². The Bertz CT molecular complexity index is 1170. The minimum Gasteiger partial charge on any atom is -0.507 e. The maximum Gasteiger partial charge on any atom is 0.344 e. The Morgan fingerprint density at radius 2 is 1.94 bits per heavy atom. The number of hydrogen-bond donors (Lipinski definition) is 2. The molecule has 3 aromatic rings. The van der Waals surface area contributed by atoms with Gasteiger partial charge in [-0.05, 0) is 37.3 Å². The van der Waals surface area contributed by atoms with E-state index in [9.17, 15) is 20.0 Å². The molecule has 31 heavy (non-hydrogen) atoms. The SMILES string of the molecule is COc1cc(C(C)=O)ccc1OCC(=O)OC/C(O)=C(\C#N)c1nc2ccccc2[nH]1. The molecule has 0 aliphatic heterocycles. The zero-order chi connectivity index (χ0) is 22.4. The molecule has 2 N–H and O–H groups in total. The number of H-pyrrole nitrogens is 1. The average molecular weight is 421 g/mol. The second-order valence-corrected chi connectivity index (χ2v) is 6.41. The van der Waals surface area contributed by atoms with Crippen LogP contribution in [0, 0.1) is 11.3 Å². The highest BCUT2D eigenvalue weighted by molar-refractivity contribution is 5.94. The van der Waals surface area contributed by atoms with Gasteiger partial charge in [-0.15, -0.1) is 0 Å². The first-order valence-electron chi connectivity index (χ1n) is 9.17. The molecule has 9 nitrogen and oxygen atoms in total. The first-order valence-corrected chi connectivity index (χ1v) is 9.17. The lowest BCUT2D eigenvalue weighted by Crippen LogP contribution is -2.17. The number of ketones is 1. The largest absolute Gasteiger partial charge is 0.507 e. The fourth-order valence-electron chi connectivity index (χ4n) is 2.73. The normalized spacial score (nSPS) is 11.4. The molecular weight excluding hydrogens is 402 g/mol. The van der Waals surface area contributed by atoms with E-state index in [0.717, 1.165) is 0 Å². The number of methoxy groups -OCH3 is 1. The van der Waals surface area contributed by atoms with Gasteiger partial charge in [-0.25, -0.2) is 9.78 Å². The molecule has 0 atom stereocenters. The first kappa shape index (κ1) is 21.4. The van der Waals surface area contributed by atoms with Crippen LogP contribution < -0.4 is 9.47 Å². The number of hydrogen-bond acceptors (Lipinski definition) is 8. The third-order valence-corrected chi connectivity index (χ3v) is 4.31. The third-order valence-electron chi connectivity index (χ3n) is 4.31. The fourth-order valence-corrected chi connectivity index (χ4v) is 2.73. The number of benzene rings is 2. The summed E-state index contributed by atoms with van der Waals surface area (Å²) in [5.41, 5.74) is 1.64. The molecule has 0 fully saturated rings. The molecule has 2 aromatic carbocycles. The van der Waals surface area contributed by atoms with Crippen LogP contribution in [-0.2, 0) is 9.53 Å². The van der Waals surface area contributed by atoms with Gasteiger partial charge in [0.2, 0.25) is 0 Å². The molecule has 0 aliphatic carbocycles. The van der Waals surface area contributed by atoms with Crippen molar-refractivity contribution in [3.05, 3.63) is 59.6 Å². The number of aromatic nitrogens is 2. The average Bonchev–Trinajstić information content (AvgIpc) is 3.20. The van der Waals surface area contributed by atoms with Gasteiger partial charge in [0.15, 0.2) is 35.5 Å². The zero-order valence-corrected chi connectivity index (χ0v) is 16.8. The van der Waals surface area contributed by atoms with Crippen molar-refractivity contribution in [1.82, 2.24) is 9.97 Å². The van der Waals surface area contributed by atoms with Crippen LogP contribution in [0.5, 0.6) is 11.5 Å². The Morgan fingerprint density at radius 3 is 2.61 bits per heavy atom. The molecule has 0 bridgehead atoms. The van der Waals surface area contributed by atoms with Crippen LogP contribution in [0.2, 0.25) is 0 Å². The Morgan fingerprint density at radius 1 is 1.16 bits per heavy atom. The number of esters is 1. The minimum atomic E-state index is -0.772. The predicted octanol–water partition coefficient (Wildman–Crippen LogP) is 3.19. The Labute approximate surface area is 177 Å². The van der Waals surface area contributed by atoms with E-state index < -0.39 is 24.9 Å². The van der Waals surface area contributed by atoms with Crippen molar-refractivity contribution >= 4 is 28.4 Å². The molecule has 0 radical (unpaired) electrons. The van der Waals surface area contributed by atoms with Crippen molar-refractivity contribution in [3.63, 3.8) is 0 Å². The maximum atomic E-state index is 12.0. The van der Waals surface area contributed by atoms with E-state index in [1.165, 1.54) is 26.2 Å². The van der Waals surface area contributed by atoms with Gasteiger partial charge < -0.3 is 24.3 Å². The van der Waals surface area contributed by atoms with Crippen molar-refractivity contribution < 1.29 is 28.9 Å². The Balaban J connectivity index is 1.63. The number of fused-ring (bicyclic) bond motifs is 1. The van der Waals surface area contributed by atoms with Gasteiger partial charge in [-0.1, -0.05) is 12.1 Å². The number of nitrogens with zero attached hydrogens (tertiary/aromatic N) is 2. The van der Waals surface area contributed by atoms with Gasteiger partial charge >= 0.3 is 5.97 Å². The van der Waals surface area contributed by atoms with Crippen molar-refractivity contribution in [1.29, 1.82) is 5.26 Å². The van der Waals surface area contributed by atoms with E-state index >= 15 is 0 Å². The smallest absolute Gasteiger partial charge is 0.344 e. The van der Waals surface area contributed by atoms with Crippen molar-refractivity contribution in [2.24, 2.45) is 0 Å². The summed E-state index contributed by atoms with van der Waals surface area (Å²) in [4.78, 5) is 30.6. The number of nitrogens with one attached hydrogen (secondary N) is 1. The highest BCUT2D eigenvalue weighted by atomic mass is 16.6. The number of ether oxygens (including phenoxy) is 3. The first-order chi connectivity index (χ1) is 14.9. The number of carbonyl (C=O) groups excluding carboxylic acids is 2. The van der Waals surface area contributed by atoms with E-state index in [0.29, 0.717) is 22.3 Å². The highest BCUT2D eigenvalue weighted by Gasteiger charge is 2.16. The molecule has 0 saturated carbocycles. The number of aromatic amines is 1.